The standard InChI is InChI=1S/C12H13BrN2S/c13-11-5-1-3-9-8-14-12(15(9)11)7-10-4-2-6-16-10/h1,3,5,8,10H,2,4,6-7H2. The molecular formula is C12H13BrN2S. The van der Waals surface area contributed by atoms with Gasteiger partial charge in [-0.15, -0.1) is 0 Å². The number of aromatic nitrogens is 2. The Morgan fingerprint density at radius 2 is 2.44 bits per heavy atom. The van der Waals surface area contributed by atoms with Crippen LogP contribution < -0.4 is 0 Å². The van der Waals surface area contributed by atoms with Gasteiger partial charge in [0.2, 0.25) is 0 Å². The van der Waals surface area contributed by atoms with Gasteiger partial charge >= 0.3 is 0 Å². The number of hydrogen-bond donors (Lipinski definition) is 0. The first-order valence-electron chi connectivity index (χ1n) is 5.57. The van der Waals surface area contributed by atoms with Crippen molar-refractivity contribution in [3.05, 3.63) is 34.8 Å². The van der Waals surface area contributed by atoms with Crippen LogP contribution in [0, 0.1) is 0 Å². The maximum Gasteiger partial charge on any atom is 0.115 e. The van der Waals surface area contributed by atoms with Gasteiger partial charge in [0.15, 0.2) is 0 Å². The first-order valence-corrected chi connectivity index (χ1v) is 7.41. The SMILES string of the molecule is Brc1cccc2cnc(CC3CCCS3)n12. The molecule has 0 N–H and O–H groups in total. The molecule has 0 spiro atoms. The number of halogens is 1. The first kappa shape index (κ1) is 10.7. The van der Waals surface area contributed by atoms with Crippen molar-refractivity contribution in [2.24, 2.45) is 0 Å². The van der Waals surface area contributed by atoms with Gasteiger partial charge in [-0.2, -0.15) is 11.8 Å². The van der Waals surface area contributed by atoms with Crippen LogP contribution in [0.4, 0.5) is 0 Å². The van der Waals surface area contributed by atoms with Crippen LogP contribution in [0.5, 0.6) is 0 Å². The van der Waals surface area contributed by atoms with Gasteiger partial charge in [0.1, 0.15) is 5.82 Å². The Labute approximate surface area is 108 Å². The normalized spacial score (nSPS) is 20.7. The van der Waals surface area contributed by atoms with E-state index < -0.39 is 0 Å². The molecule has 0 aromatic carbocycles. The minimum atomic E-state index is 0.762. The summed E-state index contributed by atoms with van der Waals surface area (Å²) in [7, 11) is 0. The van der Waals surface area contributed by atoms with Crippen LogP contribution in [-0.2, 0) is 6.42 Å². The van der Waals surface area contributed by atoms with Crippen molar-refractivity contribution < 1.29 is 0 Å². The fourth-order valence-electron chi connectivity index (χ4n) is 2.22. The van der Waals surface area contributed by atoms with E-state index in [1.54, 1.807) is 0 Å². The summed E-state index contributed by atoms with van der Waals surface area (Å²) in [6.07, 6.45) is 5.74. The number of fused-ring (bicyclic) bond motifs is 1. The summed E-state index contributed by atoms with van der Waals surface area (Å²) >= 11 is 5.68. The van der Waals surface area contributed by atoms with Crippen molar-refractivity contribution in [1.82, 2.24) is 9.38 Å². The molecule has 4 heteroatoms. The molecule has 0 radical (unpaired) electrons. The maximum atomic E-state index is 4.54. The molecule has 1 atom stereocenters. The lowest BCUT2D eigenvalue weighted by molar-refractivity contribution is 0.741. The fraction of sp³-hybridized carbons (Fsp3) is 0.417. The van der Waals surface area contributed by atoms with Crippen molar-refractivity contribution in [1.29, 1.82) is 0 Å². The zero-order valence-electron chi connectivity index (χ0n) is 8.90. The summed E-state index contributed by atoms with van der Waals surface area (Å²) in [5.74, 6) is 2.50. The largest absolute Gasteiger partial charge is 0.290 e. The summed E-state index contributed by atoms with van der Waals surface area (Å²) in [5, 5.41) is 0.762. The molecule has 1 aliphatic heterocycles. The summed E-state index contributed by atoms with van der Waals surface area (Å²) in [4.78, 5) is 4.54. The average molecular weight is 297 g/mol. The molecule has 2 aromatic rings. The van der Waals surface area contributed by atoms with Crippen molar-refractivity contribution in [3.63, 3.8) is 0 Å². The third-order valence-corrected chi connectivity index (χ3v) is 5.03. The highest BCUT2D eigenvalue weighted by atomic mass is 79.9. The highest BCUT2D eigenvalue weighted by Crippen LogP contribution is 2.29. The molecule has 0 aliphatic carbocycles. The van der Waals surface area contributed by atoms with Crippen molar-refractivity contribution in [2.75, 3.05) is 5.75 Å². The van der Waals surface area contributed by atoms with Gasteiger partial charge < -0.3 is 0 Å². The van der Waals surface area contributed by atoms with Gasteiger partial charge in [-0.25, -0.2) is 4.98 Å². The summed E-state index contributed by atoms with van der Waals surface area (Å²) < 4.78 is 3.30. The zero-order valence-corrected chi connectivity index (χ0v) is 11.3. The smallest absolute Gasteiger partial charge is 0.115 e. The summed E-state index contributed by atoms with van der Waals surface area (Å²) in [5.41, 5.74) is 1.17. The Hall–Kier alpha value is -0.480. The van der Waals surface area contributed by atoms with Crippen LogP contribution in [0.3, 0.4) is 0 Å². The lowest BCUT2D eigenvalue weighted by Crippen LogP contribution is -2.06. The van der Waals surface area contributed by atoms with Gasteiger partial charge in [-0.1, -0.05) is 6.07 Å². The highest BCUT2D eigenvalue weighted by Gasteiger charge is 2.18. The highest BCUT2D eigenvalue weighted by molar-refractivity contribution is 9.10. The monoisotopic (exact) mass is 296 g/mol. The van der Waals surface area contributed by atoms with Gasteiger partial charge in [-0.05, 0) is 46.7 Å². The Balaban J connectivity index is 1.97. The number of rotatable bonds is 2. The number of hydrogen-bond acceptors (Lipinski definition) is 2. The van der Waals surface area contributed by atoms with Crippen molar-refractivity contribution in [3.8, 4) is 0 Å². The molecule has 84 valence electrons. The number of nitrogens with zero attached hydrogens (tertiary/aromatic N) is 2. The molecule has 1 aliphatic rings. The maximum absolute atomic E-state index is 4.54. The second-order valence-electron chi connectivity index (χ2n) is 4.12. The van der Waals surface area contributed by atoms with Crippen LogP contribution in [0.2, 0.25) is 0 Å². The van der Waals surface area contributed by atoms with Gasteiger partial charge in [-0.3, -0.25) is 4.40 Å². The van der Waals surface area contributed by atoms with E-state index in [9.17, 15) is 0 Å². The number of pyridine rings is 1. The molecule has 2 nitrogen and oxygen atoms in total. The first-order chi connectivity index (χ1) is 7.84. The van der Waals surface area contributed by atoms with E-state index in [1.165, 1.54) is 29.9 Å². The van der Waals surface area contributed by atoms with Crippen LogP contribution in [0.15, 0.2) is 29.0 Å². The van der Waals surface area contributed by atoms with Crippen LogP contribution in [-0.4, -0.2) is 20.4 Å². The molecule has 2 aromatic heterocycles. The second-order valence-corrected chi connectivity index (χ2v) is 6.34. The Morgan fingerprint density at radius 3 is 3.25 bits per heavy atom. The fourth-order valence-corrected chi connectivity index (χ4v) is 4.05. The van der Waals surface area contributed by atoms with E-state index in [4.69, 9.17) is 0 Å². The zero-order chi connectivity index (χ0) is 11.0. The van der Waals surface area contributed by atoms with Gasteiger partial charge in [0.05, 0.1) is 16.3 Å². The molecule has 1 fully saturated rings. The quantitative estimate of drug-likeness (QED) is 0.789. The van der Waals surface area contributed by atoms with Crippen molar-refractivity contribution >= 4 is 33.2 Å². The Kier molecular flexibility index (Phi) is 2.94. The molecule has 0 amide bonds. The molecule has 3 heterocycles. The van der Waals surface area contributed by atoms with E-state index in [-0.39, 0.29) is 0 Å². The van der Waals surface area contributed by atoms with E-state index in [0.29, 0.717) is 0 Å². The third-order valence-electron chi connectivity index (χ3n) is 3.01. The van der Waals surface area contributed by atoms with Crippen LogP contribution in [0.1, 0.15) is 18.7 Å². The molecule has 1 unspecified atom stereocenters. The predicted molar refractivity (Wildman–Crippen MR) is 72.1 cm³/mol. The molecule has 0 saturated carbocycles. The molecular weight excluding hydrogens is 284 g/mol. The Morgan fingerprint density at radius 1 is 1.50 bits per heavy atom. The number of imidazole rings is 1. The van der Waals surface area contributed by atoms with Crippen molar-refractivity contribution in [2.45, 2.75) is 24.5 Å². The molecule has 3 rings (SSSR count). The van der Waals surface area contributed by atoms with Gasteiger partial charge in [0, 0.05) is 11.7 Å². The summed E-state index contributed by atoms with van der Waals surface area (Å²) in [6, 6.07) is 6.22. The second kappa shape index (κ2) is 4.41. The Bertz CT molecular complexity index is 503. The van der Waals surface area contributed by atoms with E-state index >= 15 is 0 Å². The molecule has 0 bridgehead atoms. The topological polar surface area (TPSA) is 17.3 Å². The lowest BCUT2D eigenvalue weighted by atomic mass is 10.2. The lowest BCUT2D eigenvalue weighted by Gasteiger charge is -2.08. The van der Waals surface area contributed by atoms with Gasteiger partial charge in [0.25, 0.3) is 0 Å². The van der Waals surface area contributed by atoms with Crippen LogP contribution in [0.25, 0.3) is 5.52 Å². The molecule has 1 saturated heterocycles. The number of thioether (sulfide) groups is 1. The van der Waals surface area contributed by atoms with Crippen LogP contribution >= 0.6 is 27.7 Å². The minimum Gasteiger partial charge on any atom is -0.290 e. The molecule has 16 heavy (non-hydrogen) atoms. The van der Waals surface area contributed by atoms with E-state index in [1.807, 2.05) is 6.20 Å². The predicted octanol–water partition coefficient (Wildman–Crippen LogP) is 3.53. The summed E-state index contributed by atoms with van der Waals surface area (Å²) in [6.45, 7) is 0. The van der Waals surface area contributed by atoms with E-state index in [0.717, 1.165) is 16.3 Å². The van der Waals surface area contributed by atoms with E-state index in [2.05, 4.69) is 55.3 Å². The average Bonchev–Trinajstić information content (AvgIpc) is 2.90. The third kappa shape index (κ3) is 1.89. The minimum absolute atomic E-state index is 0.762.